The van der Waals surface area contributed by atoms with Crippen molar-refractivity contribution in [3.8, 4) is 17.5 Å². The van der Waals surface area contributed by atoms with Crippen LogP contribution < -0.4 is 4.74 Å². The zero-order valence-corrected chi connectivity index (χ0v) is 13.9. The number of hydrogen-bond acceptors (Lipinski definition) is 7. The normalized spacial score (nSPS) is 10.8. The van der Waals surface area contributed by atoms with Crippen LogP contribution in [0.1, 0.15) is 17.0 Å². The summed E-state index contributed by atoms with van der Waals surface area (Å²) in [7, 11) is 2.86. The summed E-state index contributed by atoms with van der Waals surface area (Å²) in [5.74, 6) is 0.134. The number of ether oxygens (including phenoxy) is 1. The molecule has 3 aromatic heterocycles. The summed E-state index contributed by atoms with van der Waals surface area (Å²) in [6.45, 7) is 4.08. The van der Waals surface area contributed by atoms with E-state index in [9.17, 15) is 4.79 Å². The monoisotopic (exact) mass is 343 g/mol. The van der Waals surface area contributed by atoms with Gasteiger partial charge in [0.1, 0.15) is 5.69 Å². The van der Waals surface area contributed by atoms with E-state index in [0.717, 1.165) is 5.06 Å². The fourth-order valence-electron chi connectivity index (χ4n) is 2.07. The smallest absolute Gasteiger partial charge is 0.314 e. The molecule has 0 fully saturated rings. The number of nitrogens with zero attached hydrogens (tertiary/aromatic N) is 5. The first kappa shape index (κ1) is 16.7. The van der Waals surface area contributed by atoms with Crippen LogP contribution in [0.3, 0.4) is 0 Å². The van der Waals surface area contributed by atoms with Crippen LogP contribution in [0.15, 0.2) is 41.9 Å². The Kier molecular flexibility index (Phi) is 4.75. The quantitative estimate of drug-likeness (QED) is 0.368. The molecule has 9 nitrogen and oxygen atoms in total. The number of amides is 1. The second-order valence-electron chi connectivity index (χ2n) is 5.03. The molecule has 0 aliphatic heterocycles. The lowest BCUT2D eigenvalue weighted by molar-refractivity contribution is -0.0773. The molecule has 0 unspecified atom stereocenters. The minimum atomic E-state index is -0.451. The zero-order valence-electron chi connectivity index (χ0n) is 13.9. The maximum Gasteiger partial charge on any atom is 0.314 e. The average molecular weight is 343 g/mol. The Hall–Kier alpha value is -3.20. The first-order valence-electron chi connectivity index (χ1n) is 7.49. The van der Waals surface area contributed by atoms with Crippen molar-refractivity contribution in [3.05, 3.63) is 43.2 Å². The SMILES string of the molecule is C=CCCOc1nc(-c2ncc(C(=O)N(C)OC)o2)cn2ccnc12. The third-order valence-electron chi connectivity index (χ3n) is 3.40. The minimum absolute atomic E-state index is 0.0426. The summed E-state index contributed by atoms with van der Waals surface area (Å²) in [5.41, 5.74) is 0.994. The van der Waals surface area contributed by atoms with Gasteiger partial charge in [-0.3, -0.25) is 9.63 Å². The van der Waals surface area contributed by atoms with Crippen LogP contribution in [-0.2, 0) is 4.84 Å². The van der Waals surface area contributed by atoms with Gasteiger partial charge in [0, 0.05) is 25.6 Å². The molecule has 0 N–H and O–H groups in total. The summed E-state index contributed by atoms with van der Waals surface area (Å²) in [4.78, 5) is 29.6. The number of rotatable bonds is 7. The van der Waals surface area contributed by atoms with Crippen LogP contribution in [0, 0.1) is 0 Å². The van der Waals surface area contributed by atoms with E-state index in [1.165, 1.54) is 20.4 Å². The Bertz CT molecular complexity index is 901. The fourth-order valence-corrected chi connectivity index (χ4v) is 2.07. The molecule has 0 atom stereocenters. The van der Waals surface area contributed by atoms with Crippen LogP contribution in [0.25, 0.3) is 17.2 Å². The molecule has 0 spiro atoms. The number of aromatic nitrogens is 4. The van der Waals surface area contributed by atoms with Crippen molar-refractivity contribution >= 4 is 11.6 Å². The Morgan fingerprint density at radius 3 is 3.08 bits per heavy atom. The van der Waals surface area contributed by atoms with Crippen LogP contribution in [0.4, 0.5) is 0 Å². The molecular weight excluding hydrogens is 326 g/mol. The fraction of sp³-hybridized carbons (Fsp3) is 0.250. The van der Waals surface area contributed by atoms with E-state index in [0.29, 0.717) is 30.2 Å². The number of imidazole rings is 1. The summed E-state index contributed by atoms with van der Waals surface area (Å²) in [6, 6.07) is 0. The molecular formula is C16H17N5O4. The number of fused-ring (bicyclic) bond motifs is 1. The third-order valence-corrected chi connectivity index (χ3v) is 3.40. The number of hydrogen-bond donors (Lipinski definition) is 0. The highest BCUT2D eigenvalue weighted by molar-refractivity contribution is 5.90. The maximum atomic E-state index is 12.0. The van der Waals surface area contributed by atoms with Crippen molar-refractivity contribution in [2.45, 2.75) is 6.42 Å². The second kappa shape index (κ2) is 7.14. The van der Waals surface area contributed by atoms with E-state index >= 15 is 0 Å². The van der Waals surface area contributed by atoms with Crippen molar-refractivity contribution in [2.24, 2.45) is 0 Å². The Morgan fingerprint density at radius 2 is 2.32 bits per heavy atom. The van der Waals surface area contributed by atoms with Gasteiger partial charge in [0.25, 0.3) is 5.88 Å². The zero-order chi connectivity index (χ0) is 17.8. The lowest BCUT2D eigenvalue weighted by Gasteiger charge is -2.10. The molecule has 0 aliphatic rings. The molecule has 130 valence electrons. The van der Waals surface area contributed by atoms with E-state index in [-0.39, 0.29) is 11.7 Å². The highest BCUT2D eigenvalue weighted by atomic mass is 16.7. The largest absolute Gasteiger partial charge is 0.475 e. The van der Waals surface area contributed by atoms with Crippen LogP contribution in [0.2, 0.25) is 0 Å². The van der Waals surface area contributed by atoms with Crippen LogP contribution in [-0.4, -0.2) is 51.1 Å². The molecule has 9 heteroatoms. The molecule has 0 aromatic carbocycles. The molecule has 0 saturated heterocycles. The first-order valence-corrected chi connectivity index (χ1v) is 7.49. The Balaban J connectivity index is 1.94. The molecule has 0 radical (unpaired) electrons. The number of carbonyl (C=O) groups excluding carboxylic acids is 1. The average Bonchev–Trinajstić information content (AvgIpc) is 3.29. The van der Waals surface area contributed by atoms with Gasteiger partial charge in [-0.25, -0.2) is 20.0 Å². The van der Waals surface area contributed by atoms with Crippen molar-refractivity contribution in [1.82, 2.24) is 24.4 Å². The van der Waals surface area contributed by atoms with Crippen LogP contribution in [0.5, 0.6) is 5.88 Å². The Morgan fingerprint density at radius 1 is 1.48 bits per heavy atom. The molecule has 3 rings (SSSR count). The van der Waals surface area contributed by atoms with Gasteiger partial charge in [0.05, 0.1) is 19.9 Å². The van der Waals surface area contributed by atoms with Gasteiger partial charge < -0.3 is 13.6 Å². The van der Waals surface area contributed by atoms with Gasteiger partial charge in [-0.15, -0.1) is 6.58 Å². The van der Waals surface area contributed by atoms with Gasteiger partial charge in [-0.05, 0) is 6.42 Å². The van der Waals surface area contributed by atoms with Crippen LogP contribution >= 0.6 is 0 Å². The molecule has 3 aromatic rings. The second-order valence-corrected chi connectivity index (χ2v) is 5.03. The first-order chi connectivity index (χ1) is 12.1. The molecule has 3 heterocycles. The lowest BCUT2D eigenvalue weighted by atomic mass is 10.4. The number of hydroxylamine groups is 2. The van der Waals surface area contributed by atoms with Crippen molar-refractivity contribution in [1.29, 1.82) is 0 Å². The van der Waals surface area contributed by atoms with Gasteiger partial charge in [-0.1, -0.05) is 6.08 Å². The number of carbonyl (C=O) groups is 1. The van der Waals surface area contributed by atoms with Crippen molar-refractivity contribution in [2.75, 3.05) is 20.8 Å². The lowest BCUT2D eigenvalue weighted by Crippen LogP contribution is -2.24. The van der Waals surface area contributed by atoms with Gasteiger partial charge in [0.15, 0.2) is 0 Å². The minimum Gasteiger partial charge on any atom is -0.475 e. The number of oxazole rings is 1. The van der Waals surface area contributed by atoms with Gasteiger partial charge >= 0.3 is 5.91 Å². The summed E-state index contributed by atoms with van der Waals surface area (Å²) >= 11 is 0. The predicted molar refractivity (Wildman–Crippen MR) is 87.9 cm³/mol. The van der Waals surface area contributed by atoms with E-state index in [4.69, 9.17) is 14.0 Å². The van der Waals surface area contributed by atoms with E-state index in [2.05, 4.69) is 21.5 Å². The van der Waals surface area contributed by atoms with E-state index in [1.54, 1.807) is 29.1 Å². The molecule has 0 bridgehead atoms. The highest BCUT2D eigenvalue weighted by Crippen LogP contribution is 2.23. The maximum absolute atomic E-state index is 12.0. The molecule has 0 aliphatic carbocycles. The van der Waals surface area contributed by atoms with Crippen molar-refractivity contribution in [3.63, 3.8) is 0 Å². The van der Waals surface area contributed by atoms with Gasteiger partial charge in [0.2, 0.25) is 17.3 Å². The summed E-state index contributed by atoms with van der Waals surface area (Å²) < 4.78 is 12.9. The Labute approximate surface area is 143 Å². The van der Waals surface area contributed by atoms with Gasteiger partial charge in [-0.2, -0.15) is 0 Å². The van der Waals surface area contributed by atoms with E-state index in [1.807, 2.05) is 0 Å². The topological polar surface area (TPSA) is 95.0 Å². The molecule has 0 saturated carbocycles. The molecule has 1 amide bonds. The van der Waals surface area contributed by atoms with E-state index < -0.39 is 5.91 Å². The summed E-state index contributed by atoms with van der Waals surface area (Å²) in [5, 5.41) is 1.04. The molecule has 25 heavy (non-hydrogen) atoms. The van der Waals surface area contributed by atoms with Crippen molar-refractivity contribution < 1.29 is 18.8 Å². The third kappa shape index (κ3) is 3.36. The summed E-state index contributed by atoms with van der Waals surface area (Å²) in [6.07, 6.45) is 8.85. The standard InChI is InChI=1S/C16H17N5O4/c1-4-5-8-24-15-13-17-6-7-21(13)10-11(19-15)14-18-9-12(25-14)16(22)20(2)23-3/h4,6-7,9-10H,1,5,8H2,2-3H3. The predicted octanol–water partition coefficient (Wildman–Crippen LogP) is 1.97. The highest BCUT2D eigenvalue weighted by Gasteiger charge is 2.19.